The molecule has 4 aliphatic rings. The second-order valence-corrected chi connectivity index (χ2v) is 12.2. The number of halogens is 4. The Morgan fingerprint density at radius 3 is 2.49 bits per heavy atom. The van der Waals surface area contributed by atoms with Crippen LogP contribution in [0.5, 0.6) is 11.8 Å². The van der Waals surface area contributed by atoms with Crippen LogP contribution in [0.25, 0.3) is 32.9 Å². The molecule has 11 heteroatoms. The van der Waals surface area contributed by atoms with Gasteiger partial charge in [0.2, 0.25) is 0 Å². The average Bonchev–Trinajstić information content (AvgIpc) is 3.68. The monoisotopic (exact) mass is 595 g/mol. The molecule has 1 saturated carbocycles. The molecule has 2 aromatic heterocycles. The highest BCUT2D eigenvalue weighted by Gasteiger charge is 2.36. The molecule has 2 bridgehead atoms. The van der Waals surface area contributed by atoms with Gasteiger partial charge in [-0.3, -0.25) is 9.88 Å². The maximum atomic E-state index is 16.0. The van der Waals surface area contributed by atoms with Crippen molar-refractivity contribution in [2.75, 3.05) is 38.2 Å². The summed E-state index contributed by atoms with van der Waals surface area (Å²) in [4.78, 5) is 17.4. The van der Waals surface area contributed by atoms with E-state index in [0.29, 0.717) is 35.6 Å². The Labute approximate surface area is 246 Å². The highest BCUT2D eigenvalue weighted by atomic mass is 19.2. The third kappa shape index (κ3) is 5.11. The number of nitrogens with zero attached hydrogens (tertiary/aromatic N) is 5. The topological polar surface area (TPSA) is 74.6 Å². The maximum Gasteiger partial charge on any atom is 0.318 e. The summed E-state index contributed by atoms with van der Waals surface area (Å²) in [6, 6.07) is 5.36. The predicted octanol–water partition coefficient (Wildman–Crippen LogP) is 6.41. The summed E-state index contributed by atoms with van der Waals surface area (Å²) >= 11 is 0. The third-order valence-corrected chi connectivity index (χ3v) is 9.44. The Kier molecular flexibility index (Phi) is 7.23. The van der Waals surface area contributed by atoms with Gasteiger partial charge < -0.3 is 14.7 Å². The first-order valence-electron chi connectivity index (χ1n) is 14.9. The van der Waals surface area contributed by atoms with Crippen molar-refractivity contribution in [2.24, 2.45) is 11.8 Å². The van der Waals surface area contributed by atoms with Crippen LogP contribution < -0.4 is 9.64 Å². The molecule has 3 aliphatic heterocycles. The van der Waals surface area contributed by atoms with Gasteiger partial charge in [0.1, 0.15) is 28.9 Å². The quantitative estimate of drug-likeness (QED) is 0.275. The Morgan fingerprint density at radius 2 is 1.74 bits per heavy atom. The Morgan fingerprint density at radius 1 is 0.953 bits per heavy atom. The lowest BCUT2D eigenvalue weighted by molar-refractivity contribution is 0.292. The number of phenols is 1. The molecule has 43 heavy (non-hydrogen) atoms. The third-order valence-electron chi connectivity index (χ3n) is 9.44. The number of piperidine rings is 1. The number of phenolic OH excluding ortho intramolecular Hbond substituents is 1. The van der Waals surface area contributed by atoms with E-state index in [4.69, 9.17) is 4.74 Å². The number of ether oxygens (including phenoxy) is 1. The van der Waals surface area contributed by atoms with Crippen molar-refractivity contribution < 1.29 is 27.4 Å². The molecule has 0 radical (unpaired) electrons. The van der Waals surface area contributed by atoms with Crippen LogP contribution in [-0.2, 0) is 0 Å². The smallest absolute Gasteiger partial charge is 0.318 e. The van der Waals surface area contributed by atoms with E-state index in [0.717, 1.165) is 32.1 Å². The van der Waals surface area contributed by atoms with Crippen molar-refractivity contribution in [1.29, 1.82) is 0 Å². The highest BCUT2D eigenvalue weighted by molar-refractivity contribution is 6.00. The molecular weight excluding hydrogens is 562 g/mol. The van der Waals surface area contributed by atoms with Gasteiger partial charge in [-0.2, -0.15) is 9.97 Å². The van der Waals surface area contributed by atoms with Crippen molar-refractivity contribution in [2.45, 2.75) is 50.7 Å². The lowest BCUT2D eigenvalue weighted by Gasteiger charge is -2.33. The van der Waals surface area contributed by atoms with Crippen LogP contribution in [0.4, 0.5) is 23.4 Å². The minimum absolute atomic E-state index is 0.00876. The Bertz CT molecular complexity index is 1680. The molecule has 0 amide bonds. The first-order valence-corrected chi connectivity index (χ1v) is 14.9. The van der Waals surface area contributed by atoms with Gasteiger partial charge in [-0.15, -0.1) is 0 Å². The summed E-state index contributed by atoms with van der Waals surface area (Å²) in [5, 5.41) is 10.6. The summed E-state index contributed by atoms with van der Waals surface area (Å²) < 4.78 is 62.6. The van der Waals surface area contributed by atoms with E-state index in [-0.39, 0.29) is 39.3 Å². The fraction of sp³-hybridized carbons (Fsp3) is 0.469. The SMILES string of the molecule is COc1nc(N2CC3CCC(C3)C2)c2cnc(-c3cc(O)cc4ccc(F)c(F)c34)c(F)c2n1.FC1CC2CCCN2C1. The van der Waals surface area contributed by atoms with Gasteiger partial charge >= 0.3 is 6.01 Å². The van der Waals surface area contributed by atoms with Crippen molar-refractivity contribution in [3.63, 3.8) is 0 Å². The first kappa shape index (κ1) is 28.1. The lowest BCUT2D eigenvalue weighted by Crippen LogP contribution is -2.37. The fourth-order valence-electron chi connectivity index (χ4n) is 7.52. The van der Waals surface area contributed by atoms with Crippen LogP contribution in [0.1, 0.15) is 38.5 Å². The van der Waals surface area contributed by atoms with E-state index in [1.165, 1.54) is 63.6 Å². The zero-order chi connectivity index (χ0) is 29.8. The lowest BCUT2D eigenvalue weighted by atomic mass is 9.98. The summed E-state index contributed by atoms with van der Waals surface area (Å²) in [7, 11) is 1.41. The average molecular weight is 596 g/mol. The number of rotatable bonds is 3. The molecule has 4 aromatic rings. The van der Waals surface area contributed by atoms with E-state index in [2.05, 4.69) is 24.8 Å². The number of fused-ring (bicyclic) bond motifs is 5. The van der Waals surface area contributed by atoms with E-state index < -0.39 is 23.6 Å². The molecule has 8 rings (SSSR count). The molecule has 2 aromatic carbocycles. The van der Waals surface area contributed by atoms with Crippen LogP contribution in [-0.4, -0.2) is 70.5 Å². The number of alkyl halides is 1. The standard InChI is InChI=1S/C25H21F3N4O2.C7H12FN/c1-34-25-30-23-17(24(31-25)32-10-12-2-3-13(6-12)11-32)9-29-22(21(23)28)16-8-15(33)7-14-4-5-18(26)20(27)19(14)16;8-6-4-7-2-1-3-9(7)5-6/h4-5,7-9,12-13,33H,2-3,6,10-11H2,1H3;6-7H,1-5H2. The number of aromatic hydroxyl groups is 1. The van der Waals surface area contributed by atoms with Gasteiger partial charge in [-0.05, 0) is 80.5 Å². The van der Waals surface area contributed by atoms with Crippen molar-refractivity contribution in [3.8, 4) is 23.0 Å². The van der Waals surface area contributed by atoms with Gasteiger partial charge in [0, 0.05) is 42.8 Å². The summed E-state index contributed by atoms with van der Waals surface area (Å²) in [5.74, 6) is -1.57. The predicted molar refractivity (Wildman–Crippen MR) is 156 cm³/mol. The highest BCUT2D eigenvalue weighted by Crippen LogP contribution is 2.41. The summed E-state index contributed by atoms with van der Waals surface area (Å²) in [6.45, 7) is 3.49. The molecule has 4 fully saturated rings. The second-order valence-electron chi connectivity index (χ2n) is 12.2. The molecule has 7 nitrogen and oxygen atoms in total. The van der Waals surface area contributed by atoms with E-state index >= 15 is 4.39 Å². The Balaban J connectivity index is 0.000000283. The molecule has 3 saturated heterocycles. The van der Waals surface area contributed by atoms with Crippen molar-refractivity contribution in [1.82, 2.24) is 19.9 Å². The number of benzene rings is 2. The number of hydrogen-bond acceptors (Lipinski definition) is 7. The summed E-state index contributed by atoms with van der Waals surface area (Å²) in [5.41, 5.74) is -0.345. The van der Waals surface area contributed by atoms with Gasteiger partial charge in [0.05, 0.1) is 12.5 Å². The maximum absolute atomic E-state index is 16.0. The zero-order valence-electron chi connectivity index (χ0n) is 23.9. The normalized spacial score (nSPS) is 24.8. The first-order chi connectivity index (χ1) is 20.8. The largest absolute Gasteiger partial charge is 0.508 e. The molecule has 1 N–H and O–H groups in total. The summed E-state index contributed by atoms with van der Waals surface area (Å²) in [6.07, 6.45) is 7.80. The zero-order valence-corrected chi connectivity index (χ0v) is 23.9. The van der Waals surface area contributed by atoms with Gasteiger partial charge in [0.15, 0.2) is 17.5 Å². The molecule has 4 unspecified atom stereocenters. The van der Waals surface area contributed by atoms with Crippen LogP contribution in [0.15, 0.2) is 30.5 Å². The number of pyridine rings is 1. The molecule has 0 spiro atoms. The number of hydrogen-bond donors (Lipinski definition) is 1. The van der Waals surface area contributed by atoms with Crippen LogP contribution in [0.3, 0.4) is 0 Å². The van der Waals surface area contributed by atoms with E-state index in [9.17, 15) is 18.3 Å². The van der Waals surface area contributed by atoms with Crippen molar-refractivity contribution in [3.05, 3.63) is 47.9 Å². The van der Waals surface area contributed by atoms with E-state index in [1.54, 1.807) is 0 Å². The number of aromatic nitrogens is 3. The molecular formula is C32H33F4N5O2. The molecule has 1 aliphatic carbocycles. The van der Waals surface area contributed by atoms with Crippen LogP contribution in [0.2, 0.25) is 0 Å². The van der Waals surface area contributed by atoms with Crippen LogP contribution >= 0.6 is 0 Å². The molecule has 226 valence electrons. The number of methoxy groups -OCH3 is 1. The number of anilines is 1. The molecule has 4 atom stereocenters. The van der Waals surface area contributed by atoms with E-state index in [1.807, 2.05) is 0 Å². The van der Waals surface area contributed by atoms with Gasteiger partial charge in [-0.1, -0.05) is 6.07 Å². The van der Waals surface area contributed by atoms with Crippen molar-refractivity contribution >= 4 is 27.5 Å². The molecule has 5 heterocycles. The second kappa shape index (κ2) is 11.1. The Hall–Kier alpha value is -3.73. The van der Waals surface area contributed by atoms with Crippen LogP contribution in [0, 0.1) is 29.3 Å². The fourth-order valence-corrected chi connectivity index (χ4v) is 7.52. The minimum Gasteiger partial charge on any atom is -0.508 e. The van der Waals surface area contributed by atoms with Gasteiger partial charge in [-0.25, -0.2) is 17.6 Å². The minimum atomic E-state index is -1.14. The van der Waals surface area contributed by atoms with Gasteiger partial charge in [0.25, 0.3) is 0 Å².